The number of nitrogens with zero attached hydrogens (tertiary/aromatic N) is 3. The predicted molar refractivity (Wildman–Crippen MR) is 83.4 cm³/mol. The van der Waals surface area contributed by atoms with Crippen molar-refractivity contribution >= 4 is 5.82 Å². The van der Waals surface area contributed by atoms with Gasteiger partial charge in [-0.3, -0.25) is 0 Å². The van der Waals surface area contributed by atoms with Crippen LogP contribution >= 0.6 is 0 Å². The van der Waals surface area contributed by atoms with Crippen LogP contribution in [0.2, 0.25) is 0 Å². The summed E-state index contributed by atoms with van der Waals surface area (Å²) in [7, 11) is 0. The zero-order chi connectivity index (χ0) is 14.1. The summed E-state index contributed by atoms with van der Waals surface area (Å²) in [6.07, 6.45) is 4.29. The van der Waals surface area contributed by atoms with Crippen LogP contribution in [0.1, 0.15) is 36.1 Å². The van der Waals surface area contributed by atoms with Crippen LogP contribution in [0, 0.1) is 0 Å². The van der Waals surface area contributed by atoms with Gasteiger partial charge in [-0.1, -0.05) is 30.3 Å². The number of piperazine rings is 1. The summed E-state index contributed by atoms with van der Waals surface area (Å²) < 4.78 is 0. The molecule has 1 aliphatic heterocycles. The van der Waals surface area contributed by atoms with Crippen LogP contribution in [0.3, 0.4) is 0 Å². The van der Waals surface area contributed by atoms with Crippen molar-refractivity contribution in [3.8, 4) is 0 Å². The van der Waals surface area contributed by atoms with Crippen LogP contribution in [-0.4, -0.2) is 29.6 Å². The third kappa shape index (κ3) is 2.76. The number of anilines is 1. The van der Waals surface area contributed by atoms with E-state index in [1.807, 2.05) is 0 Å². The molecule has 1 aromatic heterocycles. The van der Waals surface area contributed by atoms with Crippen LogP contribution in [0.25, 0.3) is 0 Å². The van der Waals surface area contributed by atoms with Crippen LogP contribution in [-0.2, 0) is 0 Å². The Kier molecular flexibility index (Phi) is 3.31. The molecule has 0 amide bonds. The maximum Gasteiger partial charge on any atom is 0.132 e. The molecule has 1 aromatic carbocycles. The van der Waals surface area contributed by atoms with Crippen molar-refractivity contribution in [1.82, 2.24) is 15.3 Å². The topological polar surface area (TPSA) is 41.1 Å². The van der Waals surface area contributed by atoms with E-state index in [0.717, 1.165) is 25.5 Å². The summed E-state index contributed by atoms with van der Waals surface area (Å²) in [5, 5.41) is 3.60. The van der Waals surface area contributed by atoms with Gasteiger partial charge in [0.1, 0.15) is 12.1 Å². The summed E-state index contributed by atoms with van der Waals surface area (Å²) in [5.74, 6) is 1.76. The van der Waals surface area contributed by atoms with Gasteiger partial charge in [0.25, 0.3) is 0 Å². The van der Waals surface area contributed by atoms with Gasteiger partial charge in [0.2, 0.25) is 0 Å². The zero-order valence-corrected chi connectivity index (χ0v) is 12.1. The fourth-order valence-electron chi connectivity index (χ4n) is 3.00. The molecule has 1 saturated carbocycles. The first-order valence-electron chi connectivity index (χ1n) is 7.75. The zero-order valence-electron chi connectivity index (χ0n) is 12.1. The minimum absolute atomic E-state index is 0.374. The molecule has 1 N–H and O–H groups in total. The monoisotopic (exact) mass is 280 g/mol. The summed E-state index contributed by atoms with van der Waals surface area (Å²) in [5.41, 5.74) is 2.56. The van der Waals surface area contributed by atoms with E-state index in [9.17, 15) is 0 Å². The smallest absolute Gasteiger partial charge is 0.132 e. The quantitative estimate of drug-likeness (QED) is 0.938. The molecule has 21 heavy (non-hydrogen) atoms. The Morgan fingerprint density at radius 1 is 1.10 bits per heavy atom. The molecule has 2 heterocycles. The first kappa shape index (κ1) is 12.8. The van der Waals surface area contributed by atoms with E-state index in [0.29, 0.717) is 12.0 Å². The summed E-state index contributed by atoms with van der Waals surface area (Å²) in [4.78, 5) is 11.3. The van der Waals surface area contributed by atoms with Crippen molar-refractivity contribution in [1.29, 1.82) is 0 Å². The minimum Gasteiger partial charge on any atom is -0.353 e. The molecule has 2 aromatic rings. The molecule has 1 atom stereocenters. The van der Waals surface area contributed by atoms with Crippen LogP contribution < -0.4 is 10.2 Å². The molecule has 0 unspecified atom stereocenters. The molecule has 2 aliphatic rings. The van der Waals surface area contributed by atoms with Gasteiger partial charge in [0, 0.05) is 43.4 Å². The standard InChI is InChI=1S/C17H20N4/c1-2-4-13(5-3-1)16-11-21(9-8-18-16)17-10-15(14-6-7-14)19-12-20-17/h1-5,10,12,14,16,18H,6-9,11H2/t16-/m1/s1. The Balaban J connectivity index is 1.54. The summed E-state index contributed by atoms with van der Waals surface area (Å²) in [6.45, 7) is 2.96. The maximum atomic E-state index is 4.49. The van der Waals surface area contributed by atoms with Gasteiger partial charge in [0.15, 0.2) is 0 Å². The highest BCUT2D eigenvalue weighted by atomic mass is 15.2. The van der Waals surface area contributed by atoms with Crippen LogP contribution in [0.15, 0.2) is 42.7 Å². The largest absolute Gasteiger partial charge is 0.353 e. The van der Waals surface area contributed by atoms with Crippen molar-refractivity contribution in [2.24, 2.45) is 0 Å². The van der Waals surface area contributed by atoms with Gasteiger partial charge in [-0.25, -0.2) is 9.97 Å². The van der Waals surface area contributed by atoms with E-state index in [1.165, 1.54) is 24.1 Å². The number of hydrogen-bond acceptors (Lipinski definition) is 4. The fourth-order valence-corrected chi connectivity index (χ4v) is 3.00. The number of benzene rings is 1. The lowest BCUT2D eigenvalue weighted by Crippen LogP contribution is -2.46. The molecular formula is C17H20N4. The van der Waals surface area contributed by atoms with Crippen molar-refractivity contribution in [3.05, 3.63) is 54.0 Å². The van der Waals surface area contributed by atoms with Gasteiger partial charge < -0.3 is 10.2 Å². The van der Waals surface area contributed by atoms with Crippen molar-refractivity contribution in [2.45, 2.75) is 24.8 Å². The Hall–Kier alpha value is -1.94. The fraction of sp³-hybridized carbons (Fsp3) is 0.412. The third-order valence-electron chi connectivity index (χ3n) is 4.37. The van der Waals surface area contributed by atoms with Gasteiger partial charge in [-0.05, 0) is 18.4 Å². The number of aromatic nitrogens is 2. The van der Waals surface area contributed by atoms with E-state index in [2.05, 4.69) is 56.6 Å². The first-order valence-corrected chi connectivity index (χ1v) is 7.75. The average Bonchev–Trinajstić information content (AvgIpc) is 3.41. The Morgan fingerprint density at radius 2 is 1.95 bits per heavy atom. The predicted octanol–water partition coefficient (Wildman–Crippen LogP) is 2.50. The molecule has 0 bridgehead atoms. The van der Waals surface area contributed by atoms with Gasteiger partial charge in [-0.15, -0.1) is 0 Å². The van der Waals surface area contributed by atoms with Gasteiger partial charge in [0.05, 0.1) is 0 Å². The first-order chi connectivity index (χ1) is 10.4. The molecule has 1 aliphatic carbocycles. The SMILES string of the molecule is c1ccc([C@H]2CN(c3cc(C4CC4)ncn3)CCN2)cc1. The molecular weight excluding hydrogens is 260 g/mol. The van der Waals surface area contributed by atoms with Gasteiger partial charge in [-0.2, -0.15) is 0 Å². The van der Waals surface area contributed by atoms with E-state index in [-0.39, 0.29) is 0 Å². The Morgan fingerprint density at radius 3 is 2.76 bits per heavy atom. The van der Waals surface area contributed by atoms with Crippen molar-refractivity contribution in [2.75, 3.05) is 24.5 Å². The number of nitrogens with one attached hydrogen (secondary N) is 1. The summed E-state index contributed by atoms with van der Waals surface area (Å²) >= 11 is 0. The molecule has 4 rings (SSSR count). The molecule has 1 saturated heterocycles. The number of rotatable bonds is 3. The lowest BCUT2D eigenvalue weighted by Gasteiger charge is -2.34. The molecule has 4 nitrogen and oxygen atoms in total. The van der Waals surface area contributed by atoms with Crippen molar-refractivity contribution in [3.63, 3.8) is 0 Å². The second-order valence-electron chi connectivity index (χ2n) is 5.94. The lowest BCUT2D eigenvalue weighted by atomic mass is 10.0. The molecule has 0 spiro atoms. The molecule has 0 radical (unpaired) electrons. The normalized spacial score (nSPS) is 22.3. The highest BCUT2D eigenvalue weighted by molar-refractivity contribution is 5.42. The maximum absolute atomic E-state index is 4.49. The molecule has 4 heteroatoms. The highest BCUT2D eigenvalue weighted by Crippen LogP contribution is 2.39. The van der Waals surface area contributed by atoms with E-state index < -0.39 is 0 Å². The number of hydrogen-bond donors (Lipinski definition) is 1. The van der Waals surface area contributed by atoms with Crippen LogP contribution in [0.5, 0.6) is 0 Å². The lowest BCUT2D eigenvalue weighted by molar-refractivity contribution is 0.469. The summed E-state index contributed by atoms with van der Waals surface area (Å²) in [6, 6.07) is 13.2. The Bertz CT molecular complexity index is 609. The third-order valence-corrected chi connectivity index (χ3v) is 4.37. The second-order valence-corrected chi connectivity index (χ2v) is 5.94. The average molecular weight is 280 g/mol. The minimum atomic E-state index is 0.374. The molecule has 2 fully saturated rings. The Labute approximate surface area is 125 Å². The van der Waals surface area contributed by atoms with E-state index in [4.69, 9.17) is 0 Å². The van der Waals surface area contributed by atoms with Crippen LogP contribution in [0.4, 0.5) is 5.82 Å². The van der Waals surface area contributed by atoms with E-state index in [1.54, 1.807) is 6.33 Å². The highest BCUT2D eigenvalue weighted by Gasteiger charge is 2.27. The molecule has 108 valence electrons. The second kappa shape index (κ2) is 5.45. The van der Waals surface area contributed by atoms with E-state index >= 15 is 0 Å². The van der Waals surface area contributed by atoms with Crippen molar-refractivity contribution < 1.29 is 0 Å². The van der Waals surface area contributed by atoms with Gasteiger partial charge >= 0.3 is 0 Å².